The van der Waals surface area contributed by atoms with E-state index in [0.29, 0.717) is 6.54 Å². The number of carbonyl (C=O) groups excluding carboxylic acids is 2. The highest BCUT2D eigenvalue weighted by molar-refractivity contribution is 6.03. The van der Waals surface area contributed by atoms with Crippen molar-refractivity contribution in [2.45, 2.75) is 13.3 Å². The van der Waals surface area contributed by atoms with E-state index in [9.17, 15) is 9.59 Å². The van der Waals surface area contributed by atoms with Gasteiger partial charge in [0.05, 0.1) is 5.92 Å². The van der Waals surface area contributed by atoms with Gasteiger partial charge in [0.1, 0.15) is 0 Å². The van der Waals surface area contributed by atoms with Crippen LogP contribution >= 0.6 is 0 Å². The highest BCUT2D eigenvalue weighted by Crippen LogP contribution is 2.27. The van der Waals surface area contributed by atoms with Gasteiger partial charge in [0.15, 0.2) is 0 Å². The zero-order chi connectivity index (χ0) is 18.0. The van der Waals surface area contributed by atoms with Crippen LogP contribution in [-0.4, -0.2) is 32.5 Å². The zero-order valence-corrected chi connectivity index (χ0v) is 14.8. The first-order chi connectivity index (χ1) is 11.9. The molecule has 1 fully saturated rings. The molecule has 25 heavy (non-hydrogen) atoms. The monoisotopic (exact) mass is 337 g/mol. The summed E-state index contributed by atoms with van der Waals surface area (Å²) in [6.07, 6.45) is 0.246. The number of anilines is 3. The Morgan fingerprint density at radius 1 is 1.16 bits per heavy atom. The largest absolute Gasteiger partial charge is 0.378 e. The van der Waals surface area contributed by atoms with Crippen LogP contribution in [0.3, 0.4) is 0 Å². The molecule has 0 aromatic heterocycles. The molecule has 1 aliphatic heterocycles. The Labute approximate surface area is 148 Å². The van der Waals surface area contributed by atoms with Gasteiger partial charge in [0.25, 0.3) is 0 Å². The summed E-state index contributed by atoms with van der Waals surface area (Å²) in [5.74, 6) is -0.448. The van der Waals surface area contributed by atoms with Crippen molar-refractivity contribution in [2.24, 2.45) is 5.92 Å². The van der Waals surface area contributed by atoms with E-state index in [-0.39, 0.29) is 24.2 Å². The first-order valence-corrected chi connectivity index (χ1v) is 8.39. The summed E-state index contributed by atoms with van der Waals surface area (Å²) in [6, 6.07) is 15.5. The van der Waals surface area contributed by atoms with Crippen LogP contribution in [0.5, 0.6) is 0 Å². The molecule has 1 heterocycles. The van der Waals surface area contributed by atoms with Gasteiger partial charge in [0.2, 0.25) is 11.8 Å². The highest BCUT2D eigenvalue weighted by Gasteiger charge is 2.35. The van der Waals surface area contributed by atoms with E-state index in [1.807, 2.05) is 74.4 Å². The van der Waals surface area contributed by atoms with Crippen LogP contribution in [0.15, 0.2) is 48.5 Å². The van der Waals surface area contributed by atoms with Gasteiger partial charge in [-0.15, -0.1) is 0 Å². The highest BCUT2D eigenvalue weighted by atomic mass is 16.2. The van der Waals surface area contributed by atoms with Crippen molar-refractivity contribution in [2.75, 3.05) is 35.8 Å². The maximum absolute atomic E-state index is 12.5. The van der Waals surface area contributed by atoms with Gasteiger partial charge >= 0.3 is 0 Å². The predicted molar refractivity (Wildman–Crippen MR) is 101 cm³/mol. The van der Waals surface area contributed by atoms with E-state index < -0.39 is 0 Å². The molecule has 0 bridgehead atoms. The van der Waals surface area contributed by atoms with Gasteiger partial charge in [-0.05, 0) is 48.9 Å². The number of aryl methyl sites for hydroxylation is 1. The number of nitrogens with one attached hydrogen (secondary N) is 1. The third-order valence-electron chi connectivity index (χ3n) is 4.46. The summed E-state index contributed by atoms with van der Waals surface area (Å²) in [7, 11) is 3.94. The van der Waals surface area contributed by atoms with Gasteiger partial charge in [0, 0.05) is 44.1 Å². The number of benzene rings is 2. The molecule has 2 amide bonds. The molecular formula is C20H23N3O2. The van der Waals surface area contributed by atoms with Crippen LogP contribution in [0.4, 0.5) is 17.1 Å². The average Bonchev–Trinajstić information content (AvgIpc) is 2.97. The molecular weight excluding hydrogens is 314 g/mol. The van der Waals surface area contributed by atoms with Crippen LogP contribution in [-0.2, 0) is 9.59 Å². The lowest BCUT2D eigenvalue weighted by Gasteiger charge is -2.17. The summed E-state index contributed by atoms with van der Waals surface area (Å²) < 4.78 is 0. The molecule has 2 aromatic rings. The van der Waals surface area contributed by atoms with Crippen molar-refractivity contribution in [3.8, 4) is 0 Å². The molecule has 5 nitrogen and oxygen atoms in total. The van der Waals surface area contributed by atoms with Crippen molar-refractivity contribution in [1.29, 1.82) is 0 Å². The average molecular weight is 337 g/mol. The lowest BCUT2D eigenvalue weighted by Crippen LogP contribution is -2.28. The maximum atomic E-state index is 12.5. The molecule has 3 rings (SSSR count). The molecule has 1 atom stereocenters. The molecule has 1 N–H and O–H groups in total. The Morgan fingerprint density at radius 2 is 1.88 bits per heavy atom. The van der Waals surface area contributed by atoms with Crippen molar-refractivity contribution in [1.82, 2.24) is 0 Å². The van der Waals surface area contributed by atoms with Crippen LogP contribution in [0.25, 0.3) is 0 Å². The van der Waals surface area contributed by atoms with E-state index >= 15 is 0 Å². The van der Waals surface area contributed by atoms with E-state index in [1.54, 1.807) is 4.90 Å². The van der Waals surface area contributed by atoms with Crippen molar-refractivity contribution < 1.29 is 9.59 Å². The fourth-order valence-corrected chi connectivity index (χ4v) is 3.02. The molecule has 1 unspecified atom stereocenters. The summed E-state index contributed by atoms with van der Waals surface area (Å²) in [6.45, 7) is 2.41. The Morgan fingerprint density at radius 3 is 2.52 bits per heavy atom. The van der Waals surface area contributed by atoms with E-state index in [2.05, 4.69) is 5.32 Å². The molecule has 0 radical (unpaired) electrons. The first kappa shape index (κ1) is 17.0. The van der Waals surface area contributed by atoms with Gasteiger partial charge in [-0.25, -0.2) is 0 Å². The van der Waals surface area contributed by atoms with Gasteiger partial charge < -0.3 is 15.1 Å². The third-order valence-corrected chi connectivity index (χ3v) is 4.46. The normalized spacial score (nSPS) is 16.8. The summed E-state index contributed by atoms with van der Waals surface area (Å²) in [5.41, 5.74) is 3.77. The Balaban J connectivity index is 1.66. The number of amides is 2. The molecule has 2 aromatic carbocycles. The molecule has 0 spiro atoms. The summed E-state index contributed by atoms with van der Waals surface area (Å²) >= 11 is 0. The summed E-state index contributed by atoms with van der Waals surface area (Å²) in [5, 5.41) is 2.92. The van der Waals surface area contributed by atoms with Crippen LogP contribution < -0.4 is 15.1 Å². The van der Waals surface area contributed by atoms with Crippen molar-refractivity contribution in [3.63, 3.8) is 0 Å². The van der Waals surface area contributed by atoms with Gasteiger partial charge in [-0.3, -0.25) is 9.59 Å². The maximum Gasteiger partial charge on any atom is 0.229 e. The topological polar surface area (TPSA) is 52.7 Å². The molecule has 0 aliphatic carbocycles. The number of carbonyl (C=O) groups is 2. The predicted octanol–water partition coefficient (Wildman–Crippen LogP) is 3.05. The van der Waals surface area contributed by atoms with Crippen LogP contribution in [0.2, 0.25) is 0 Å². The van der Waals surface area contributed by atoms with Gasteiger partial charge in [-0.2, -0.15) is 0 Å². The molecule has 0 saturated carbocycles. The quantitative estimate of drug-likeness (QED) is 0.933. The molecule has 130 valence electrons. The first-order valence-electron chi connectivity index (χ1n) is 8.39. The number of nitrogens with zero attached hydrogens (tertiary/aromatic N) is 2. The van der Waals surface area contributed by atoms with Gasteiger partial charge in [-0.1, -0.05) is 12.1 Å². The molecule has 1 saturated heterocycles. The smallest absolute Gasteiger partial charge is 0.229 e. The second-order valence-corrected chi connectivity index (χ2v) is 6.67. The van der Waals surface area contributed by atoms with Crippen LogP contribution in [0, 0.1) is 12.8 Å². The lowest BCUT2D eigenvalue weighted by atomic mass is 10.1. The second-order valence-electron chi connectivity index (χ2n) is 6.67. The minimum Gasteiger partial charge on any atom is -0.378 e. The van der Waals surface area contributed by atoms with E-state index in [0.717, 1.165) is 22.6 Å². The second kappa shape index (κ2) is 6.97. The molecule has 5 heteroatoms. The minimum absolute atomic E-state index is 0.00583. The fraction of sp³-hybridized carbons (Fsp3) is 0.300. The Kier molecular flexibility index (Phi) is 4.74. The van der Waals surface area contributed by atoms with Crippen molar-refractivity contribution in [3.05, 3.63) is 54.1 Å². The fourth-order valence-electron chi connectivity index (χ4n) is 3.02. The van der Waals surface area contributed by atoms with E-state index in [4.69, 9.17) is 0 Å². The standard InChI is InChI=1S/C20H23N3O2/c1-14-5-4-6-18(11-14)23-13-15(12-19(23)24)20(25)21-16-7-9-17(10-8-16)22(2)3/h4-11,15H,12-13H2,1-3H3,(H,21,25). The third kappa shape index (κ3) is 3.82. The number of rotatable bonds is 4. The lowest BCUT2D eigenvalue weighted by molar-refractivity contribution is -0.122. The zero-order valence-electron chi connectivity index (χ0n) is 14.8. The SMILES string of the molecule is Cc1cccc(N2CC(C(=O)Nc3ccc(N(C)C)cc3)CC2=O)c1. The van der Waals surface area contributed by atoms with Crippen LogP contribution in [0.1, 0.15) is 12.0 Å². The Hall–Kier alpha value is -2.82. The Bertz CT molecular complexity index is 784. The number of hydrogen-bond acceptors (Lipinski definition) is 3. The molecule has 1 aliphatic rings. The van der Waals surface area contributed by atoms with E-state index in [1.165, 1.54) is 0 Å². The number of hydrogen-bond donors (Lipinski definition) is 1. The van der Waals surface area contributed by atoms with Crippen molar-refractivity contribution >= 4 is 28.9 Å². The summed E-state index contributed by atoms with van der Waals surface area (Å²) in [4.78, 5) is 28.5. The minimum atomic E-state index is -0.332.